The van der Waals surface area contributed by atoms with E-state index < -0.39 is 17.5 Å². The highest BCUT2D eigenvalue weighted by Crippen LogP contribution is 2.35. The Labute approximate surface area is 209 Å². The summed E-state index contributed by atoms with van der Waals surface area (Å²) in [6, 6.07) is 16.4. The van der Waals surface area contributed by atoms with Crippen molar-refractivity contribution >= 4 is 22.7 Å². The fourth-order valence-corrected chi connectivity index (χ4v) is 5.42. The average Bonchev–Trinajstić information content (AvgIpc) is 3.23. The van der Waals surface area contributed by atoms with Crippen molar-refractivity contribution in [1.82, 2.24) is 20.7 Å². The maximum absolute atomic E-state index is 13.5. The summed E-state index contributed by atoms with van der Waals surface area (Å²) in [6.45, 7) is 2.28. The fourth-order valence-electron chi connectivity index (χ4n) is 5.42. The number of nitrogens with two attached hydrogens (primary N) is 1. The number of aromatic nitrogens is 1. The normalized spacial score (nSPS) is 21.5. The van der Waals surface area contributed by atoms with Crippen LogP contribution in [0.3, 0.4) is 0 Å². The van der Waals surface area contributed by atoms with Crippen molar-refractivity contribution in [2.45, 2.75) is 37.5 Å². The van der Waals surface area contributed by atoms with Crippen molar-refractivity contribution < 1.29 is 19.5 Å². The van der Waals surface area contributed by atoms with Crippen molar-refractivity contribution in [3.05, 3.63) is 71.9 Å². The summed E-state index contributed by atoms with van der Waals surface area (Å²) < 4.78 is 6.01. The minimum Gasteiger partial charge on any atom is -0.489 e. The Hall–Kier alpha value is -3.53. The lowest BCUT2D eigenvalue weighted by Gasteiger charge is -2.36. The number of carbonyl (C=O) groups is 2. The summed E-state index contributed by atoms with van der Waals surface area (Å²) in [5.74, 6) is -0.235. The van der Waals surface area contributed by atoms with Gasteiger partial charge in [0.15, 0.2) is 0 Å². The SMILES string of the molecule is NC1(c2ccc(OCc3ccnc4ccccc34)cc2)CCN(C(C(=O)NO)C2CCNCC2)C1=O. The highest BCUT2D eigenvalue weighted by molar-refractivity contribution is 5.94. The zero-order chi connectivity index (χ0) is 25.1. The fraction of sp³-hybridized carbons (Fsp3) is 0.370. The molecule has 3 heterocycles. The number of hydrogen-bond acceptors (Lipinski definition) is 7. The van der Waals surface area contributed by atoms with Gasteiger partial charge in [-0.3, -0.25) is 19.8 Å². The first kappa shape index (κ1) is 24.2. The molecule has 9 nitrogen and oxygen atoms in total. The van der Waals surface area contributed by atoms with E-state index in [9.17, 15) is 14.8 Å². The first-order chi connectivity index (χ1) is 17.5. The smallest absolute Gasteiger partial charge is 0.266 e. The Morgan fingerprint density at radius 2 is 1.94 bits per heavy atom. The number of nitrogens with one attached hydrogen (secondary N) is 2. The van der Waals surface area contributed by atoms with Gasteiger partial charge in [-0.25, -0.2) is 5.48 Å². The second-order valence-corrected chi connectivity index (χ2v) is 9.53. The number of hydrogen-bond donors (Lipinski definition) is 4. The maximum Gasteiger partial charge on any atom is 0.266 e. The van der Waals surface area contributed by atoms with Gasteiger partial charge in [-0.1, -0.05) is 30.3 Å². The lowest BCUT2D eigenvalue weighted by molar-refractivity contribution is -0.146. The quantitative estimate of drug-likeness (QED) is 0.295. The minimum absolute atomic E-state index is 0.0373. The second-order valence-electron chi connectivity index (χ2n) is 9.53. The van der Waals surface area contributed by atoms with E-state index in [4.69, 9.17) is 10.5 Å². The maximum atomic E-state index is 13.5. The molecule has 0 saturated carbocycles. The first-order valence-electron chi connectivity index (χ1n) is 12.3. The molecule has 0 radical (unpaired) electrons. The minimum atomic E-state index is -1.24. The van der Waals surface area contributed by atoms with Crippen molar-refractivity contribution in [3.8, 4) is 5.75 Å². The van der Waals surface area contributed by atoms with Crippen LogP contribution in [0, 0.1) is 5.92 Å². The molecule has 5 rings (SSSR count). The number of pyridine rings is 1. The number of rotatable bonds is 7. The van der Waals surface area contributed by atoms with Gasteiger partial charge in [-0.15, -0.1) is 0 Å². The highest BCUT2D eigenvalue weighted by Gasteiger charge is 2.50. The van der Waals surface area contributed by atoms with E-state index in [2.05, 4.69) is 10.3 Å². The molecule has 2 atom stereocenters. The molecule has 2 aliphatic heterocycles. The number of carbonyl (C=O) groups excluding carboxylic acids is 2. The molecule has 188 valence electrons. The molecule has 2 aromatic carbocycles. The molecular formula is C27H31N5O4. The van der Waals surface area contributed by atoms with E-state index >= 15 is 0 Å². The van der Waals surface area contributed by atoms with Crippen LogP contribution in [0.4, 0.5) is 0 Å². The Morgan fingerprint density at radius 1 is 1.19 bits per heavy atom. The summed E-state index contributed by atoms with van der Waals surface area (Å²) in [4.78, 5) is 32.0. The van der Waals surface area contributed by atoms with Crippen molar-refractivity contribution in [2.24, 2.45) is 11.7 Å². The van der Waals surface area contributed by atoms with Crippen LogP contribution in [0.25, 0.3) is 10.9 Å². The van der Waals surface area contributed by atoms with Gasteiger partial charge in [-0.2, -0.15) is 0 Å². The number of likely N-dealkylation sites (tertiary alicyclic amines) is 1. The predicted octanol–water partition coefficient (Wildman–Crippen LogP) is 2.07. The first-order valence-corrected chi connectivity index (χ1v) is 12.3. The molecule has 3 aromatic rings. The van der Waals surface area contributed by atoms with Crippen LogP contribution in [-0.2, 0) is 21.7 Å². The number of nitrogens with zero attached hydrogens (tertiary/aromatic N) is 2. The van der Waals surface area contributed by atoms with Gasteiger partial charge in [0.25, 0.3) is 5.91 Å². The van der Waals surface area contributed by atoms with Crippen molar-refractivity contribution in [2.75, 3.05) is 19.6 Å². The number of hydroxylamine groups is 1. The Morgan fingerprint density at radius 3 is 2.69 bits per heavy atom. The third-order valence-electron chi connectivity index (χ3n) is 7.44. The number of para-hydroxylation sites is 1. The van der Waals surface area contributed by atoms with Crippen molar-refractivity contribution in [3.63, 3.8) is 0 Å². The van der Waals surface area contributed by atoms with Gasteiger partial charge in [0, 0.05) is 23.7 Å². The molecule has 0 bridgehead atoms. The molecule has 1 aromatic heterocycles. The molecule has 2 amide bonds. The molecular weight excluding hydrogens is 458 g/mol. The van der Waals surface area contributed by atoms with Gasteiger partial charge >= 0.3 is 0 Å². The second kappa shape index (κ2) is 10.2. The lowest BCUT2D eigenvalue weighted by atomic mass is 9.87. The molecule has 5 N–H and O–H groups in total. The Bertz CT molecular complexity index is 1240. The molecule has 2 fully saturated rings. The van der Waals surface area contributed by atoms with E-state index in [1.165, 1.54) is 0 Å². The van der Waals surface area contributed by atoms with E-state index in [0.29, 0.717) is 30.9 Å². The highest BCUT2D eigenvalue weighted by atomic mass is 16.5. The molecule has 2 unspecified atom stereocenters. The molecule has 0 spiro atoms. The summed E-state index contributed by atoms with van der Waals surface area (Å²) >= 11 is 0. The zero-order valence-corrected chi connectivity index (χ0v) is 20.0. The number of amides is 2. The number of ether oxygens (including phenoxy) is 1. The van der Waals surface area contributed by atoms with E-state index in [0.717, 1.165) is 42.4 Å². The van der Waals surface area contributed by atoms with Crippen LogP contribution < -0.4 is 21.3 Å². The molecule has 36 heavy (non-hydrogen) atoms. The monoisotopic (exact) mass is 489 g/mol. The predicted molar refractivity (Wildman–Crippen MR) is 134 cm³/mol. The number of piperidine rings is 1. The third-order valence-corrected chi connectivity index (χ3v) is 7.44. The van der Waals surface area contributed by atoms with Crippen LogP contribution in [-0.4, -0.2) is 52.6 Å². The standard InChI is InChI=1S/C27H31N5O4/c28-27(12-16-32(26(27)34)24(25(33)31-35)18-9-13-29-14-10-18)20-5-7-21(8-6-20)36-17-19-11-15-30-23-4-2-1-3-22(19)23/h1-8,11,15,18,24,29,35H,9-10,12-14,16-17,28H2,(H,31,33). The van der Waals surface area contributed by atoms with E-state index in [-0.39, 0.29) is 11.8 Å². The summed E-state index contributed by atoms with van der Waals surface area (Å²) in [5.41, 5.74) is 9.80. The summed E-state index contributed by atoms with van der Waals surface area (Å²) in [6.07, 6.45) is 3.65. The largest absolute Gasteiger partial charge is 0.489 e. The van der Waals surface area contributed by atoms with E-state index in [1.807, 2.05) is 54.6 Å². The van der Waals surface area contributed by atoms with Crippen molar-refractivity contribution in [1.29, 1.82) is 0 Å². The van der Waals surface area contributed by atoms with Crippen LogP contribution in [0.5, 0.6) is 5.75 Å². The van der Waals surface area contributed by atoms with Gasteiger partial charge < -0.3 is 20.7 Å². The van der Waals surface area contributed by atoms with Crippen LogP contribution in [0.2, 0.25) is 0 Å². The molecule has 2 aliphatic rings. The Balaban J connectivity index is 1.30. The molecule has 9 heteroatoms. The molecule has 2 saturated heterocycles. The van der Waals surface area contributed by atoms with Gasteiger partial charge in [-0.05, 0) is 68.1 Å². The lowest BCUT2D eigenvalue weighted by Crippen LogP contribution is -2.56. The summed E-state index contributed by atoms with van der Waals surface area (Å²) in [7, 11) is 0. The van der Waals surface area contributed by atoms with Gasteiger partial charge in [0.1, 0.15) is 23.9 Å². The van der Waals surface area contributed by atoms with Crippen LogP contribution >= 0.6 is 0 Å². The van der Waals surface area contributed by atoms with E-state index in [1.54, 1.807) is 16.6 Å². The average molecular weight is 490 g/mol. The number of fused-ring (bicyclic) bond motifs is 1. The van der Waals surface area contributed by atoms with Crippen LogP contribution in [0.1, 0.15) is 30.4 Å². The zero-order valence-electron chi connectivity index (χ0n) is 20.0. The topological polar surface area (TPSA) is 130 Å². The van der Waals surface area contributed by atoms with Crippen LogP contribution in [0.15, 0.2) is 60.8 Å². The molecule has 0 aliphatic carbocycles. The number of benzene rings is 2. The van der Waals surface area contributed by atoms with Gasteiger partial charge in [0.2, 0.25) is 5.91 Å². The van der Waals surface area contributed by atoms with Gasteiger partial charge in [0.05, 0.1) is 5.52 Å². The Kier molecular flexibility index (Phi) is 6.86. The summed E-state index contributed by atoms with van der Waals surface area (Å²) in [5, 5.41) is 13.7. The third kappa shape index (κ3) is 4.53.